The molecule has 1 aromatic heterocycles. The van der Waals surface area contributed by atoms with Crippen molar-refractivity contribution in [3.05, 3.63) is 59.8 Å². The molecule has 28 heavy (non-hydrogen) atoms. The second-order valence-electron chi connectivity index (χ2n) is 6.43. The Balaban J connectivity index is 1.48. The van der Waals surface area contributed by atoms with Crippen molar-refractivity contribution in [1.29, 1.82) is 0 Å². The number of anilines is 1. The largest absolute Gasteiger partial charge is 0.454 e. The lowest BCUT2D eigenvalue weighted by Crippen LogP contribution is -2.30. The standard InChI is InChI=1S/C21H18N2O5/c1-12-9-16(15-5-3-4-6-17(15)22-12)21(25)28-13(2)20(24)23-14-7-8-18-19(10-14)27-11-26-18/h3-10,13H,11H2,1-2H3,(H,23,24)/t13-/m1/s1. The molecule has 0 aliphatic carbocycles. The van der Waals surface area contributed by atoms with Crippen molar-refractivity contribution in [3.63, 3.8) is 0 Å². The van der Waals surface area contributed by atoms with E-state index in [4.69, 9.17) is 14.2 Å². The highest BCUT2D eigenvalue weighted by atomic mass is 16.7. The van der Waals surface area contributed by atoms with Crippen LogP contribution in [-0.4, -0.2) is 29.8 Å². The Morgan fingerprint density at radius 2 is 1.89 bits per heavy atom. The summed E-state index contributed by atoms with van der Waals surface area (Å²) in [6.45, 7) is 3.48. The summed E-state index contributed by atoms with van der Waals surface area (Å²) in [5, 5.41) is 3.39. The number of aromatic nitrogens is 1. The number of aryl methyl sites for hydroxylation is 1. The average molecular weight is 378 g/mol. The van der Waals surface area contributed by atoms with Crippen LogP contribution in [-0.2, 0) is 9.53 Å². The molecular weight excluding hydrogens is 360 g/mol. The molecule has 142 valence electrons. The molecule has 2 heterocycles. The molecule has 0 fully saturated rings. The molecule has 1 aliphatic rings. The number of nitrogens with one attached hydrogen (secondary N) is 1. The van der Waals surface area contributed by atoms with Gasteiger partial charge in [0.25, 0.3) is 5.91 Å². The molecule has 4 rings (SSSR count). The van der Waals surface area contributed by atoms with Gasteiger partial charge in [-0.2, -0.15) is 0 Å². The third kappa shape index (κ3) is 3.46. The van der Waals surface area contributed by atoms with Gasteiger partial charge in [-0.05, 0) is 38.1 Å². The maximum Gasteiger partial charge on any atom is 0.339 e. The maximum absolute atomic E-state index is 12.7. The van der Waals surface area contributed by atoms with Gasteiger partial charge in [-0.1, -0.05) is 18.2 Å². The number of benzene rings is 2. The summed E-state index contributed by atoms with van der Waals surface area (Å²) in [7, 11) is 0. The van der Waals surface area contributed by atoms with Gasteiger partial charge in [-0.15, -0.1) is 0 Å². The fraction of sp³-hybridized carbons (Fsp3) is 0.190. The lowest BCUT2D eigenvalue weighted by atomic mass is 10.1. The van der Waals surface area contributed by atoms with Crippen molar-refractivity contribution in [2.24, 2.45) is 0 Å². The van der Waals surface area contributed by atoms with Crippen LogP contribution in [0.1, 0.15) is 23.0 Å². The maximum atomic E-state index is 12.7. The second-order valence-corrected chi connectivity index (χ2v) is 6.43. The van der Waals surface area contributed by atoms with Gasteiger partial charge in [-0.3, -0.25) is 9.78 Å². The number of esters is 1. The van der Waals surface area contributed by atoms with Gasteiger partial charge in [0.15, 0.2) is 17.6 Å². The van der Waals surface area contributed by atoms with Crippen LogP contribution < -0.4 is 14.8 Å². The minimum atomic E-state index is -0.981. The molecule has 2 aromatic carbocycles. The van der Waals surface area contributed by atoms with Gasteiger partial charge >= 0.3 is 5.97 Å². The van der Waals surface area contributed by atoms with E-state index < -0.39 is 18.0 Å². The number of pyridine rings is 1. The SMILES string of the molecule is Cc1cc(C(=O)O[C@H](C)C(=O)Nc2ccc3c(c2)OCO3)c2ccccc2n1. The van der Waals surface area contributed by atoms with Crippen LogP contribution in [0.3, 0.4) is 0 Å². The molecule has 0 unspecified atom stereocenters. The summed E-state index contributed by atoms with van der Waals surface area (Å²) in [5.74, 6) is 0.163. The molecule has 7 heteroatoms. The van der Waals surface area contributed by atoms with Crippen LogP contribution in [0.15, 0.2) is 48.5 Å². The molecule has 0 spiro atoms. The molecule has 3 aromatic rings. The van der Waals surface area contributed by atoms with E-state index in [1.54, 1.807) is 37.3 Å². The van der Waals surface area contributed by atoms with Crippen LogP contribution >= 0.6 is 0 Å². The third-order valence-electron chi connectivity index (χ3n) is 4.36. The molecule has 0 radical (unpaired) electrons. The molecule has 0 bridgehead atoms. The summed E-state index contributed by atoms with van der Waals surface area (Å²) in [4.78, 5) is 29.5. The smallest absolute Gasteiger partial charge is 0.339 e. The average Bonchev–Trinajstić information content (AvgIpc) is 3.15. The van der Waals surface area contributed by atoms with E-state index in [9.17, 15) is 9.59 Å². The summed E-state index contributed by atoms with van der Waals surface area (Å²) < 4.78 is 15.9. The Labute approximate surface area is 161 Å². The summed E-state index contributed by atoms with van der Waals surface area (Å²) in [6, 6.07) is 14.0. The predicted octanol–water partition coefficient (Wildman–Crippen LogP) is 3.46. The zero-order valence-electron chi connectivity index (χ0n) is 15.4. The Morgan fingerprint density at radius 3 is 2.75 bits per heavy atom. The van der Waals surface area contributed by atoms with E-state index in [2.05, 4.69) is 10.3 Å². The number of carbonyl (C=O) groups is 2. The molecule has 1 amide bonds. The summed E-state index contributed by atoms with van der Waals surface area (Å²) in [6.07, 6.45) is -0.981. The summed E-state index contributed by atoms with van der Waals surface area (Å²) in [5.41, 5.74) is 2.31. The van der Waals surface area contributed by atoms with Crippen molar-refractivity contribution < 1.29 is 23.8 Å². The third-order valence-corrected chi connectivity index (χ3v) is 4.36. The number of nitrogens with zero attached hydrogens (tertiary/aromatic N) is 1. The van der Waals surface area contributed by atoms with Crippen LogP contribution in [0.2, 0.25) is 0 Å². The van der Waals surface area contributed by atoms with Crippen LogP contribution in [0.25, 0.3) is 10.9 Å². The molecule has 1 aliphatic heterocycles. The van der Waals surface area contributed by atoms with Gasteiger partial charge in [0.2, 0.25) is 6.79 Å². The van der Waals surface area contributed by atoms with E-state index in [0.717, 1.165) is 0 Å². The van der Waals surface area contributed by atoms with Crippen molar-refractivity contribution in [2.75, 3.05) is 12.1 Å². The highest BCUT2D eigenvalue weighted by molar-refractivity contribution is 6.05. The zero-order valence-corrected chi connectivity index (χ0v) is 15.4. The van der Waals surface area contributed by atoms with Crippen molar-refractivity contribution in [1.82, 2.24) is 4.98 Å². The monoisotopic (exact) mass is 378 g/mol. The molecule has 1 N–H and O–H groups in total. The first kappa shape index (κ1) is 17.8. The Kier molecular flexibility index (Phi) is 4.57. The quantitative estimate of drug-likeness (QED) is 0.700. The van der Waals surface area contributed by atoms with Gasteiger partial charge in [-0.25, -0.2) is 4.79 Å². The van der Waals surface area contributed by atoms with E-state index >= 15 is 0 Å². The predicted molar refractivity (Wildman–Crippen MR) is 103 cm³/mol. The van der Waals surface area contributed by atoms with Crippen molar-refractivity contribution in [2.45, 2.75) is 20.0 Å². The van der Waals surface area contributed by atoms with Crippen LogP contribution in [0.4, 0.5) is 5.69 Å². The zero-order chi connectivity index (χ0) is 19.7. The number of hydrogen-bond acceptors (Lipinski definition) is 6. The Hall–Kier alpha value is -3.61. The van der Waals surface area contributed by atoms with Gasteiger partial charge in [0, 0.05) is 22.8 Å². The number of amides is 1. The van der Waals surface area contributed by atoms with E-state index in [1.807, 2.05) is 18.2 Å². The molecular formula is C21H18N2O5. The first-order chi connectivity index (χ1) is 13.5. The number of ether oxygens (including phenoxy) is 3. The first-order valence-corrected chi connectivity index (χ1v) is 8.79. The summed E-state index contributed by atoms with van der Waals surface area (Å²) >= 11 is 0. The Bertz CT molecular complexity index is 1080. The van der Waals surface area contributed by atoms with E-state index in [0.29, 0.717) is 39.3 Å². The first-order valence-electron chi connectivity index (χ1n) is 8.79. The van der Waals surface area contributed by atoms with E-state index in [1.165, 1.54) is 6.92 Å². The Morgan fingerprint density at radius 1 is 1.11 bits per heavy atom. The van der Waals surface area contributed by atoms with Gasteiger partial charge < -0.3 is 19.5 Å². The van der Waals surface area contributed by atoms with E-state index in [-0.39, 0.29) is 6.79 Å². The fourth-order valence-electron chi connectivity index (χ4n) is 2.97. The number of carbonyl (C=O) groups excluding carboxylic acids is 2. The minimum Gasteiger partial charge on any atom is -0.454 e. The lowest BCUT2D eigenvalue weighted by Gasteiger charge is -2.15. The van der Waals surface area contributed by atoms with Crippen molar-refractivity contribution >= 4 is 28.5 Å². The lowest BCUT2D eigenvalue weighted by molar-refractivity contribution is -0.123. The number of para-hydroxylation sites is 1. The number of fused-ring (bicyclic) bond motifs is 2. The fourth-order valence-corrected chi connectivity index (χ4v) is 2.97. The van der Waals surface area contributed by atoms with Crippen molar-refractivity contribution in [3.8, 4) is 11.5 Å². The normalized spacial score (nSPS) is 13.2. The van der Waals surface area contributed by atoms with Crippen LogP contribution in [0.5, 0.6) is 11.5 Å². The van der Waals surface area contributed by atoms with Gasteiger partial charge in [0.05, 0.1) is 11.1 Å². The molecule has 1 atom stereocenters. The second kappa shape index (κ2) is 7.19. The highest BCUT2D eigenvalue weighted by Gasteiger charge is 2.22. The van der Waals surface area contributed by atoms with Crippen LogP contribution in [0, 0.1) is 6.92 Å². The molecule has 0 saturated carbocycles. The number of rotatable bonds is 4. The highest BCUT2D eigenvalue weighted by Crippen LogP contribution is 2.34. The topological polar surface area (TPSA) is 86.8 Å². The molecule has 7 nitrogen and oxygen atoms in total. The number of hydrogen-bond donors (Lipinski definition) is 1. The molecule has 0 saturated heterocycles. The van der Waals surface area contributed by atoms with Gasteiger partial charge in [0.1, 0.15) is 0 Å². The minimum absolute atomic E-state index is 0.153.